The number of carbonyl (C=O) groups is 3. The van der Waals surface area contributed by atoms with Crippen molar-refractivity contribution < 1.29 is 19.5 Å². The lowest BCUT2D eigenvalue weighted by Crippen LogP contribution is -2.57. The minimum atomic E-state index is -0.718. The fourth-order valence-corrected chi connectivity index (χ4v) is 8.46. The minimum absolute atomic E-state index is 0.0782. The molecule has 3 fully saturated rings. The number of aliphatic hydroxyl groups excluding tert-OH is 1. The fourth-order valence-electron chi connectivity index (χ4n) is 6.11. The highest BCUT2D eigenvalue weighted by Crippen LogP contribution is 2.71. The second-order valence-corrected chi connectivity index (χ2v) is 11.7. The summed E-state index contributed by atoms with van der Waals surface area (Å²) in [6, 6.07) is 8.35. The third-order valence-electron chi connectivity index (χ3n) is 7.34. The van der Waals surface area contributed by atoms with Gasteiger partial charge in [-0.05, 0) is 45.6 Å². The molecular formula is C24H33N3O4S. The van der Waals surface area contributed by atoms with Crippen LogP contribution in [0.4, 0.5) is 0 Å². The normalized spacial score (nSPS) is 34.0. The Balaban J connectivity index is 1.78. The van der Waals surface area contributed by atoms with Crippen molar-refractivity contribution in [3.63, 3.8) is 0 Å². The Labute approximate surface area is 193 Å². The topological polar surface area (TPSA) is 98.7 Å². The molecule has 3 aliphatic rings. The molecule has 3 aliphatic heterocycles. The van der Waals surface area contributed by atoms with Gasteiger partial charge in [-0.1, -0.05) is 30.3 Å². The van der Waals surface area contributed by atoms with Crippen molar-refractivity contribution in [2.75, 3.05) is 13.7 Å². The molecule has 1 spiro atoms. The minimum Gasteiger partial charge on any atom is -0.394 e. The highest BCUT2D eigenvalue weighted by atomic mass is 32.2. The first kappa shape index (κ1) is 23.1. The van der Waals surface area contributed by atoms with Crippen LogP contribution in [0.5, 0.6) is 0 Å². The molecule has 2 bridgehead atoms. The SMILES string of the molecule is CNC(=O)[C@H]1[C@H]2C(=O)N([C@@H](CO)Cc3ccccc3)C(C(=O)NC(C)C)C23CC[C@]1(C)S3. The zero-order chi connectivity index (χ0) is 23.3. The highest BCUT2D eigenvalue weighted by molar-refractivity contribution is 8.02. The average molecular weight is 460 g/mol. The van der Waals surface area contributed by atoms with Crippen LogP contribution in [0.2, 0.25) is 0 Å². The number of hydrogen-bond donors (Lipinski definition) is 3. The van der Waals surface area contributed by atoms with Crippen molar-refractivity contribution in [2.45, 2.75) is 67.7 Å². The van der Waals surface area contributed by atoms with Crippen molar-refractivity contribution in [2.24, 2.45) is 11.8 Å². The van der Waals surface area contributed by atoms with Crippen LogP contribution in [0.3, 0.4) is 0 Å². The molecule has 32 heavy (non-hydrogen) atoms. The Morgan fingerprint density at radius 1 is 1.22 bits per heavy atom. The van der Waals surface area contributed by atoms with Gasteiger partial charge in [-0.2, -0.15) is 0 Å². The zero-order valence-electron chi connectivity index (χ0n) is 19.1. The van der Waals surface area contributed by atoms with Crippen molar-refractivity contribution in [3.8, 4) is 0 Å². The lowest BCUT2D eigenvalue weighted by molar-refractivity contribution is -0.143. The first-order chi connectivity index (χ1) is 15.2. The van der Waals surface area contributed by atoms with E-state index in [9.17, 15) is 19.5 Å². The van der Waals surface area contributed by atoms with E-state index in [1.807, 2.05) is 51.1 Å². The summed E-state index contributed by atoms with van der Waals surface area (Å²) in [6.07, 6.45) is 1.93. The smallest absolute Gasteiger partial charge is 0.244 e. The van der Waals surface area contributed by atoms with E-state index in [1.54, 1.807) is 23.7 Å². The van der Waals surface area contributed by atoms with E-state index in [0.29, 0.717) is 12.8 Å². The number of thioether (sulfide) groups is 1. The summed E-state index contributed by atoms with van der Waals surface area (Å²) in [7, 11) is 1.60. The number of rotatable bonds is 7. The van der Waals surface area contributed by atoms with Crippen LogP contribution >= 0.6 is 11.8 Å². The summed E-state index contributed by atoms with van der Waals surface area (Å²) in [4.78, 5) is 42.1. The van der Waals surface area contributed by atoms with Crippen LogP contribution < -0.4 is 10.6 Å². The molecular weight excluding hydrogens is 426 g/mol. The van der Waals surface area contributed by atoms with E-state index in [-0.39, 0.29) is 35.1 Å². The van der Waals surface area contributed by atoms with E-state index in [1.165, 1.54) is 0 Å². The summed E-state index contributed by atoms with van der Waals surface area (Å²) in [5, 5.41) is 16.1. The van der Waals surface area contributed by atoms with Crippen LogP contribution in [0.1, 0.15) is 39.2 Å². The molecule has 8 heteroatoms. The van der Waals surface area contributed by atoms with E-state index in [0.717, 1.165) is 12.0 Å². The van der Waals surface area contributed by atoms with Crippen LogP contribution in [0, 0.1) is 11.8 Å². The Bertz CT molecular complexity index is 910. The number of nitrogens with zero attached hydrogens (tertiary/aromatic N) is 1. The molecule has 4 rings (SSSR count). The average Bonchev–Trinajstić information content (AvgIpc) is 3.32. The standard InChI is InChI=1S/C24H33N3O4S/c1-14(2)26-21(30)19-24-11-10-23(3,32-24)17(20(29)25-4)18(24)22(31)27(19)16(13-28)12-15-8-6-5-7-9-15/h5-9,14,16-19,28H,10-13H2,1-4H3,(H,25,29)(H,26,30)/t16-,17-,18+,19?,23+,24?/m1/s1. The van der Waals surface area contributed by atoms with Gasteiger partial charge in [-0.15, -0.1) is 11.8 Å². The molecule has 0 aromatic heterocycles. The highest BCUT2D eigenvalue weighted by Gasteiger charge is 2.77. The zero-order valence-corrected chi connectivity index (χ0v) is 19.9. The second-order valence-electron chi connectivity index (χ2n) is 9.78. The maximum absolute atomic E-state index is 14.0. The summed E-state index contributed by atoms with van der Waals surface area (Å²) in [5.41, 5.74) is 0.990. The second kappa shape index (κ2) is 8.37. The molecule has 1 aromatic carbocycles. The van der Waals surface area contributed by atoms with Gasteiger partial charge in [0.25, 0.3) is 0 Å². The van der Waals surface area contributed by atoms with Gasteiger partial charge < -0.3 is 20.6 Å². The summed E-state index contributed by atoms with van der Waals surface area (Å²) in [5.74, 6) is -1.59. The predicted molar refractivity (Wildman–Crippen MR) is 124 cm³/mol. The van der Waals surface area contributed by atoms with Gasteiger partial charge in [-0.3, -0.25) is 14.4 Å². The number of fused-ring (bicyclic) bond motifs is 1. The Morgan fingerprint density at radius 2 is 1.91 bits per heavy atom. The molecule has 2 unspecified atom stereocenters. The van der Waals surface area contributed by atoms with Gasteiger partial charge >= 0.3 is 0 Å². The Morgan fingerprint density at radius 3 is 2.50 bits per heavy atom. The molecule has 0 aliphatic carbocycles. The number of likely N-dealkylation sites (tertiary alicyclic amines) is 1. The molecule has 3 N–H and O–H groups in total. The predicted octanol–water partition coefficient (Wildman–Crippen LogP) is 1.34. The van der Waals surface area contributed by atoms with E-state index in [2.05, 4.69) is 10.6 Å². The lowest BCUT2D eigenvalue weighted by Gasteiger charge is -2.37. The lowest BCUT2D eigenvalue weighted by atomic mass is 9.66. The third kappa shape index (κ3) is 3.43. The molecule has 3 heterocycles. The van der Waals surface area contributed by atoms with Gasteiger partial charge in [0.15, 0.2) is 0 Å². The molecule has 3 saturated heterocycles. The molecule has 0 saturated carbocycles. The maximum Gasteiger partial charge on any atom is 0.244 e. The Kier molecular flexibility index (Phi) is 6.05. The number of aliphatic hydroxyl groups is 1. The van der Waals surface area contributed by atoms with Crippen LogP contribution in [-0.4, -0.2) is 69.0 Å². The van der Waals surface area contributed by atoms with Crippen LogP contribution in [0.25, 0.3) is 0 Å². The largest absolute Gasteiger partial charge is 0.394 e. The molecule has 7 nitrogen and oxygen atoms in total. The number of carbonyl (C=O) groups excluding carboxylic acids is 3. The number of hydrogen-bond acceptors (Lipinski definition) is 5. The summed E-state index contributed by atoms with van der Waals surface area (Å²) in [6.45, 7) is 5.60. The van der Waals surface area contributed by atoms with Gasteiger partial charge in [0.2, 0.25) is 17.7 Å². The van der Waals surface area contributed by atoms with Gasteiger partial charge in [0.1, 0.15) is 6.04 Å². The van der Waals surface area contributed by atoms with Crippen molar-refractivity contribution in [3.05, 3.63) is 35.9 Å². The van der Waals surface area contributed by atoms with Gasteiger partial charge in [-0.25, -0.2) is 0 Å². The van der Waals surface area contributed by atoms with Gasteiger partial charge in [0.05, 0.1) is 29.2 Å². The van der Waals surface area contributed by atoms with E-state index in [4.69, 9.17) is 0 Å². The van der Waals surface area contributed by atoms with E-state index < -0.39 is 28.7 Å². The molecule has 3 amide bonds. The molecule has 174 valence electrons. The van der Waals surface area contributed by atoms with Crippen molar-refractivity contribution in [1.29, 1.82) is 0 Å². The van der Waals surface area contributed by atoms with Crippen LogP contribution in [-0.2, 0) is 20.8 Å². The maximum atomic E-state index is 14.0. The van der Waals surface area contributed by atoms with Crippen molar-refractivity contribution >= 4 is 29.5 Å². The molecule has 1 aromatic rings. The van der Waals surface area contributed by atoms with Crippen molar-refractivity contribution in [1.82, 2.24) is 15.5 Å². The monoisotopic (exact) mass is 459 g/mol. The van der Waals surface area contributed by atoms with E-state index >= 15 is 0 Å². The molecule has 6 atom stereocenters. The third-order valence-corrected chi connectivity index (χ3v) is 9.33. The number of amides is 3. The van der Waals surface area contributed by atoms with Crippen LogP contribution in [0.15, 0.2) is 30.3 Å². The summed E-state index contributed by atoms with van der Waals surface area (Å²) < 4.78 is -1.04. The number of nitrogens with one attached hydrogen (secondary N) is 2. The quantitative estimate of drug-likeness (QED) is 0.572. The van der Waals surface area contributed by atoms with Gasteiger partial charge in [0, 0.05) is 17.8 Å². The first-order valence-electron chi connectivity index (χ1n) is 11.4. The summed E-state index contributed by atoms with van der Waals surface area (Å²) >= 11 is 1.64. The Hall–Kier alpha value is -2.06. The number of benzene rings is 1. The first-order valence-corrected chi connectivity index (χ1v) is 12.2. The fraction of sp³-hybridized carbons (Fsp3) is 0.625. The molecule has 0 radical (unpaired) electrons.